The van der Waals surface area contributed by atoms with Gasteiger partial charge in [0, 0.05) is 39.1 Å². The number of aliphatic carboxylic acids is 1. The summed E-state index contributed by atoms with van der Waals surface area (Å²) in [6.07, 6.45) is -0.249. The highest BCUT2D eigenvalue weighted by Crippen LogP contribution is 2.44. The van der Waals surface area contributed by atoms with Crippen LogP contribution in [0.3, 0.4) is 0 Å². The van der Waals surface area contributed by atoms with Gasteiger partial charge in [0.2, 0.25) is 0 Å². The summed E-state index contributed by atoms with van der Waals surface area (Å²) < 4.78 is 16.8. The molecule has 1 saturated heterocycles. The lowest BCUT2D eigenvalue weighted by atomic mass is 9.92. The molecule has 2 amide bonds. The number of likely N-dealkylation sites (tertiary alicyclic amines) is 1. The van der Waals surface area contributed by atoms with Gasteiger partial charge in [-0.15, -0.1) is 0 Å². The number of carboxylic acids is 1. The number of amides is 2. The molecule has 2 atom stereocenters. The predicted molar refractivity (Wildman–Crippen MR) is 146 cm³/mol. The van der Waals surface area contributed by atoms with Gasteiger partial charge in [0.25, 0.3) is 0 Å². The van der Waals surface area contributed by atoms with Crippen molar-refractivity contribution in [3.8, 4) is 11.1 Å². The maximum Gasteiger partial charge on any atom is 0.410 e. The maximum absolute atomic E-state index is 13.5. The molecule has 0 aromatic heterocycles. The SMILES string of the molecule is COCCC1C(N(CCCC(=O)O)C(=O)OCC2c3ccccc3-c3ccccc32)CN1C(=O)OC(C)(C)C. The van der Waals surface area contributed by atoms with Crippen molar-refractivity contribution in [2.24, 2.45) is 0 Å². The molecule has 9 nitrogen and oxygen atoms in total. The van der Waals surface area contributed by atoms with E-state index in [1.54, 1.807) is 37.7 Å². The van der Waals surface area contributed by atoms with Crippen LogP contribution < -0.4 is 0 Å². The van der Waals surface area contributed by atoms with Gasteiger partial charge in [-0.1, -0.05) is 48.5 Å². The van der Waals surface area contributed by atoms with Crippen LogP contribution in [-0.2, 0) is 19.0 Å². The molecule has 9 heteroatoms. The van der Waals surface area contributed by atoms with E-state index in [0.29, 0.717) is 13.0 Å². The van der Waals surface area contributed by atoms with Crippen molar-refractivity contribution in [2.75, 3.05) is 33.4 Å². The van der Waals surface area contributed by atoms with E-state index in [1.165, 1.54) is 0 Å². The second kappa shape index (κ2) is 12.1. The zero-order valence-electron chi connectivity index (χ0n) is 23.1. The fourth-order valence-corrected chi connectivity index (χ4v) is 5.42. The monoisotopic (exact) mass is 538 g/mol. The highest BCUT2D eigenvalue weighted by molar-refractivity contribution is 5.79. The van der Waals surface area contributed by atoms with Crippen molar-refractivity contribution < 1.29 is 33.7 Å². The fraction of sp³-hybridized carbons (Fsp3) is 0.500. The minimum absolute atomic E-state index is 0.0710. The van der Waals surface area contributed by atoms with Crippen LogP contribution in [0.15, 0.2) is 48.5 Å². The number of methoxy groups -OCH3 is 1. The van der Waals surface area contributed by atoms with Gasteiger partial charge in [-0.2, -0.15) is 0 Å². The molecule has 1 heterocycles. The van der Waals surface area contributed by atoms with Gasteiger partial charge in [-0.05, 0) is 55.9 Å². The lowest BCUT2D eigenvalue weighted by molar-refractivity contribution is -0.137. The number of benzene rings is 2. The van der Waals surface area contributed by atoms with Crippen LogP contribution in [0.4, 0.5) is 9.59 Å². The average molecular weight is 539 g/mol. The van der Waals surface area contributed by atoms with Crippen LogP contribution >= 0.6 is 0 Å². The van der Waals surface area contributed by atoms with E-state index < -0.39 is 23.8 Å². The van der Waals surface area contributed by atoms with Crippen molar-refractivity contribution >= 4 is 18.2 Å². The average Bonchev–Trinajstić information content (AvgIpc) is 3.18. The normalized spacial score (nSPS) is 18.1. The van der Waals surface area contributed by atoms with Gasteiger partial charge in [0.1, 0.15) is 12.2 Å². The Labute approximate surface area is 229 Å². The molecule has 0 saturated carbocycles. The lowest BCUT2D eigenvalue weighted by Crippen LogP contribution is -2.69. The largest absolute Gasteiger partial charge is 0.481 e. The first kappa shape index (κ1) is 28.4. The highest BCUT2D eigenvalue weighted by Gasteiger charge is 2.48. The van der Waals surface area contributed by atoms with E-state index in [0.717, 1.165) is 22.3 Å². The number of hydrogen-bond acceptors (Lipinski definition) is 6. The minimum Gasteiger partial charge on any atom is -0.481 e. The molecule has 39 heavy (non-hydrogen) atoms. The van der Waals surface area contributed by atoms with E-state index in [4.69, 9.17) is 14.2 Å². The van der Waals surface area contributed by atoms with Crippen LogP contribution in [0.1, 0.15) is 57.1 Å². The second-order valence-corrected chi connectivity index (χ2v) is 11.0. The number of hydrogen-bond donors (Lipinski definition) is 1. The summed E-state index contributed by atoms with van der Waals surface area (Å²) in [7, 11) is 1.58. The molecule has 2 aliphatic rings. The third-order valence-electron chi connectivity index (χ3n) is 7.23. The Morgan fingerprint density at radius 3 is 2.21 bits per heavy atom. The molecule has 2 aromatic carbocycles. The molecule has 1 fully saturated rings. The molecule has 2 aromatic rings. The minimum atomic E-state index is -0.928. The van der Waals surface area contributed by atoms with Crippen molar-refractivity contribution in [3.05, 3.63) is 59.7 Å². The molecule has 1 aliphatic heterocycles. The van der Waals surface area contributed by atoms with Gasteiger partial charge in [0.05, 0.1) is 12.1 Å². The number of rotatable bonds is 10. The van der Waals surface area contributed by atoms with Crippen LogP contribution in [0.5, 0.6) is 0 Å². The standard InChI is InChI=1S/C30H38N2O7/c1-30(2,3)39-29(36)32-18-26(25(32)15-17-37-4)31(16-9-14-27(33)34)28(35)38-19-24-22-12-7-5-10-20(22)21-11-6-8-13-23(21)24/h5-8,10-13,24-26H,9,14-19H2,1-4H3,(H,33,34). The Kier molecular flexibility index (Phi) is 8.80. The van der Waals surface area contributed by atoms with Crippen molar-refractivity contribution in [1.82, 2.24) is 9.80 Å². The molecule has 4 rings (SSSR count). The summed E-state index contributed by atoms with van der Waals surface area (Å²) in [5, 5.41) is 9.18. The predicted octanol–water partition coefficient (Wildman–Crippen LogP) is 5.13. The van der Waals surface area contributed by atoms with Gasteiger partial charge < -0.3 is 29.1 Å². The van der Waals surface area contributed by atoms with Crippen molar-refractivity contribution in [2.45, 2.75) is 63.6 Å². The Morgan fingerprint density at radius 2 is 1.64 bits per heavy atom. The van der Waals surface area contributed by atoms with Gasteiger partial charge >= 0.3 is 18.2 Å². The molecule has 0 bridgehead atoms. The Morgan fingerprint density at radius 1 is 1.03 bits per heavy atom. The third-order valence-corrected chi connectivity index (χ3v) is 7.23. The number of nitrogens with zero attached hydrogens (tertiary/aromatic N) is 2. The zero-order chi connectivity index (χ0) is 28.2. The summed E-state index contributed by atoms with van der Waals surface area (Å²) in [5.41, 5.74) is 3.85. The molecular weight excluding hydrogens is 500 g/mol. The van der Waals surface area contributed by atoms with E-state index in [2.05, 4.69) is 24.3 Å². The highest BCUT2D eigenvalue weighted by atomic mass is 16.6. The number of carbonyl (C=O) groups is 3. The second-order valence-electron chi connectivity index (χ2n) is 11.0. The number of carbonyl (C=O) groups excluding carboxylic acids is 2. The van der Waals surface area contributed by atoms with E-state index in [9.17, 15) is 19.5 Å². The zero-order valence-corrected chi connectivity index (χ0v) is 23.1. The van der Waals surface area contributed by atoms with Crippen molar-refractivity contribution in [1.29, 1.82) is 0 Å². The van der Waals surface area contributed by atoms with Crippen LogP contribution in [0.25, 0.3) is 11.1 Å². The van der Waals surface area contributed by atoms with Crippen molar-refractivity contribution in [3.63, 3.8) is 0 Å². The van der Waals surface area contributed by atoms with Crippen LogP contribution in [-0.4, -0.2) is 84.2 Å². The topological polar surface area (TPSA) is 106 Å². The quantitative estimate of drug-likeness (QED) is 0.447. The lowest BCUT2D eigenvalue weighted by Gasteiger charge is -2.51. The summed E-state index contributed by atoms with van der Waals surface area (Å²) in [6.45, 7) is 6.46. The Bertz CT molecular complexity index is 1150. The Hall–Kier alpha value is -3.59. The molecular formula is C30H38N2O7. The summed E-state index contributed by atoms with van der Waals surface area (Å²) in [5.74, 6) is -1.02. The molecule has 0 radical (unpaired) electrons. The van der Waals surface area contributed by atoms with Gasteiger partial charge in [-0.3, -0.25) is 4.79 Å². The third kappa shape index (κ3) is 6.53. The summed E-state index contributed by atoms with van der Waals surface area (Å²) in [4.78, 5) is 40.8. The molecule has 1 aliphatic carbocycles. The first-order valence-electron chi connectivity index (χ1n) is 13.4. The smallest absolute Gasteiger partial charge is 0.410 e. The molecule has 2 unspecified atom stereocenters. The molecule has 0 spiro atoms. The van der Waals surface area contributed by atoms with E-state index in [1.807, 2.05) is 24.3 Å². The van der Waals surface area contributed by atoms with E-state index in [-0.39, 0.29) is 50.5 Å². The van der Waals surface area contributed by atoms with Crippen LogP contribution in [0, 0.1) is 0 Å². The van der Waals surface area contributed by atoms with Gasteiger partial charge in [-0.25, -0.2) is 9.59 Å². The number of fused-ring (bicyclic) bond motifs is 3. The number of ether oxygens (including phenoxy) is 3. The fourth-order valence-electron chi connectivity index (χ4n) is 5.42. The first-order chi connectivity index (χ1) is 18.6. The van der Waals surface area contributed by atoms with Crippen LogP contribution in [0.2, 0.25) is 0 Å². The molecule has 1 N–H and O–H groups in total. The molecule has 210 valence electrons. The first-order valence-corrected chi connectivity index (χ1v) is 13.4. The van der Waals surface area contributed by atoms with E-state index >= 15 is 0 Å². The Balaban J connectivity index is 1.50. The summed E-state index contributed by atoms with van der Waals surface area (Å²) >= 11 is 0. The maximum atomic E-state index is 13.5. The summed E-state index contributed by atoms with van der Waals surface area (Å²) in [6, 6.07) is 15.6. The number of carboxylic acid groups (broad SMARTS) is 1. The van der Waals surface area contributed by atoms with Gasteiger partial charge in [0.15, 0.2) is 0 Å².